The summed E-state index contributed by atoms with van der Waals surface area (Å²) in [5.41, 5.74) is 0. The fourth-order valence-electron chi connectivity index (χ4n) is 2.69. The highest BCUT2D eigenvalue weighted by atomic mass is 32.2. The van der Waals surface area contributed by atoms with Crippen LogP contribution in [0.4, 0.5) is 0 Å². The third-order valence-corrected chi connectivity index (χ3v) is 5.53. The van der Waals surface area contributed by atoms with Gasteiger partial charge in [-0.15, -0.1) is 0 Å². The Labute approximate surface area is 97.2 Å². The second-order valence-electron chi connectivity index (χ2n) is 5.08. The van der Waals surface area contributed by atoms with Gasteiger partial charge in [0.05, 0.1) is 6.10 Å². The van der Waals surface area contributed by atoms with Crippen molar-refractivity contribution in [3.8, 4) is 0 Å². The SMILES string of the molecule is CSC1(CN[C@H]2CCCC[C@@H]2O)CCC1. The molecule has 0 aromatic carbocycles. The fraction of sp³-hybridized carbons (Fsp3) is 1.00. The lowest BCUT2D eigenvalue weighted by Gasteiger charge is -2.42. The molecule has 2 saturated carbocycles. The van der Waals surface area contributed by atoms with E-state index in [1.807, 2.05) is 11.8 Å². The third-order valence-electron chi connectivity index (χ3n) is 4.11. The summed E-state index contributed by atoms with van der Waals surface area (Å²) in [7, 11) is 0. The molecular formula is C12H23NOS. The fourth-order valence-corrected chi connectivity index (χ4v) is 3.62. The van der Waals surface area contributed by atoms with E-state index in [9.17, 15) is 5.11 Å². The van der Waals surface area contributed by atoms with E-state index in [0.717, 1.165) is 19.4 Å². The molecule has 0 spiro atoms. The van der Waals surface area contributed by atoms with Crippen molar-refractivity contribution in [2.75, 3.05) is 12.8 Å². The molecule has 2 rings (SSSR count). The molecule has 0 radical (unpaired) electrons. The van der Waals surface area contributed by atoms with Gasteiger partial charge in [-0.05, 0) is 31.9 Å². The normalized spacial score (nSPS) is 34.8. The number of aliphatic hydroxyl groups excluding tert-OH is 1. The summed E-state index contributed by atoms with van der Waals surface area (Å²) in [5, 5.41) is 13.5. The Hall–Kier alpha value is 0.270. The Balaban J connectivity index is 1.76. The number of aliphatic hydroxyl groups is 1. The Morgan fingerprint density at radius 3 is 2.53 bits per heavy atom. The van der Waals surface area contributed by atoms with Crippen LogP contribution in [-0.4, -0.2) is 34.8 Å². The predicted molar refractivity (Wildman–Crippen MR) is 66.4 cm³/mol. The quantitative estimate of drug-likeness (QED) is 0.775. The van der Waals surface area contributed by atoms with Crippen molar-refractivity contribution in [2.45, 2.75) is 61.8 Å². The molecule has 15 heavy (non-hydrogen) atoms. The standard InChI is InChI=1S/C12H23NOS/c1-15-12(7-4-8-12)9-13-10-5-2-3-6-11(10)14/h10-11,13-14H,2-9H2,1H3/t10-,11-/m0/s1. The maximum atomic E-state index is 9.86. The van der Waals surface area contributed by atoms with Gasteiger partial charge in [0.2, 0.25) is 0 Å². The first kappa shape index (κ1) is 11.7. The van der Waals surface area contributed by atoms with E-state index in [1.165, 1.54) is 32.1 Å². The van der Waals surface area contributed by atoms with E-state index < -0.39 is 0 Å². The van der Waals surface area contributed by atoms with Crippen molar-refractivity contribution < 1.29 is 5.11 Å². The highest BCUT2D eigenvalue weighted by molar-refractivity contribution is 8.00. The molecule has 0 aromatic rings. The molecule has 0 bridgehead atoms. The van der Waals surface area contributed by atoms with Crippen LogP contribution in [0.3, 0.4) is 0 Å². The Bertz CT molecular complexity index is 200. The van der Waals surface area contributed by atoms with Crippen LogP contribution in [0.25, 0.3) is 0 Å². The molecule has 2 nitrogen and oxygen atoms in total. The smallest absolute Gasteiger partial charge is 0.0693 e. The summed E-state index contributed by atoms with van der Waals surface area (Å²) in [6.45, 7) is 1.09. The topological polar surface area (TPSA) is 32.3 Å². The van der Waals surface area contributed by atoms with Gasteiger partial charge in [0.25, 0.3) is 0 Å². The van der Waals surface area contributed by atoms with Gasteiger partial charge in [-0.3, -0.25) is 0 Å². The molecule has 2 aliphatic carbocycles. The Kier molecular flexibility index (Phi) is 3.97. The molecule has 0 unspecified atom stereocenters. The van der Waals surface area contributed by atoms with Gasteiger partial charge in [0.15, 0.2) is 0 Å². The number of thioether (sulfide) groups is 1. The zero-order chi connectivity index (χ0) is 10.7. The zero-order valence-electron chi connectivity index (χ0n) is 9.67. The van der Waals surface area contributed by atoms with E-state index in [-0.39, 0.29) is 6.10 Å². The monoisotopic (exact) mass is 229 g/mol. The first-order valence-corrected chi connectivity index (χ1v) is 7.45. The lowest BCUT2D eigenvalue weighted by molar-refractivity contribution is 0.0878. The van der Waals surface area contributed by atoms with Gasteiger partial charge < -0.3 is 10.4 Å². The Morgan fingerprint density at radius 1 is 1.27 bits per heavy atom. The molecule has 0 heterocycles. The summed E-state index contributed by atoms with van der Waals surface area (Å²) in [4.78, 5) is 0. The lowest BCUT2D eigenvalue weighted by Crippen LogP contribution is -2.50. The molecule has 0 amide bonds. The lowest BCUT2D eigenvalue weighted by atomic mass is 9.83. The molecule has 2 atom stereocenters. The summed E-state index contributed by atoms with van der Waals surface area (Å²) >= 11 is 2.00. The van der Waals surface area contributed by atoms with Crippen LogP contribution in [0.1, 0.15) is 44.9 Å². The van der Waals surface area contributed by atoms with E-state index >= 15 is 0 Å². The van der Waals surface area contributed by atoms with Crippen LogP contribution in [-0.2, 0) is 0 Å². The molecule has 3 heteroatoms. The second-order valence-corrected chi connectivity index (χ2v) is 6.35. The second kappa shape index (κ2) is 5.07. The summed E-state index contributed by atoms with van der Waals surface area (Å²) < 4.78 is 0.497. The maximum Gasteiger partial charge on any atom is 0.0693 e. The van der Waals surface area contributed by atoms with Crippen molar-refractivity contribution in [3.63, 3.8) is 0 Å². The highest BCUT2D eigenvalue weighted by Gasteiger charge is 2.37. The number of rotatable bonds is 4. The molecule has 2 fully saturated rings. The van der Waals surface area contributed by atoms with Gasteiger partial charge in [0.1, 0.15) is 0 Å². The van der Waals surface area contributed by atoms with Crippen LogP contribution in [0.15, 0.2) is 0 Å². The molecule has 0 saturated heterocycles. The number of nitrogens with one attached hydrogen (secondary N) is 1. The molecule has 0 aliphatic heterocycles. The highest BCUT2D eigenvalue weighted by Crippen LogP contribution is 2.42. The first-order valence-electron chi connectivity index (χ1n) is 6.22. The predicted octanol–water partition coefficient (Wildman–Crippen LogP) is 2.17. The molecule has 0 aromatic heterocycles. The maximum absolute atomic E-state index is 9.86. The largest absolute Gasteiger partial charge is 0.392 e. The minimum absolute atomic E-state index is 0.0993. The first-order chi connectivity index (χ1) is 7.26. The van der Waals surface area contributed by atoms with Crippen LogP contribution in [0.2, 0.25) is 0 Å². The van der Waals surface area contributed by atoms with Gasteiger partial charge >= 0.3 is 0 Å². The summed E-state index contributed by atoms with van der Waals surface area (Å²) in [6.07, 6.45) is 10.8. The van der Waals surface area contributed by atoms with E-state index in [2.05, 4.69) is 11.6 Å². The van der Waals surface area contributed by atoms with Crippen LogP contribution in [0, 0.1) is 0 Å². The Morgan fingerprint density at radius 2 is 2.00 bits per heavy atom. The van der Waals surface area contributed by atoms with E-state index in [4.69, 9.17) is 0 Å². The van der Waals surface area contributed by atoms with Crippen molar-refractivity contribution >= 4 is 11.8 Å². The van der Waals surface area contributed by atoms with Gasteiger partial charge in [-0.2, -0.15) is 11.8 Å². The number of hydrogen-bond acceptors (Lipinski definition) is 3. The average Bonchev–Trinajstić information content (AvgIpc) is 2.19. The molecule has 88 valence electrons. The van der Waals surface area contributed by atoms with Crippen molar-refractivity contribution in [1.82, 2.24) is 5.32 Å². The summed E-state index contributed by atoms with van der Waals surface area (Å²) in [5.74, 6) is 0. The molecule has 2 aliphatic rings. The van der Waals surface area contributed by atoms with Crippen molar-refractivity contribution in [2.24, 2.45) is 0 Å². The van der Waals surface area contributed by atoms with Crippen LogP contribution in [0.5, 0.6) is 0 Å². The molecule has 2 N–H and O–H groups in total. The van der Waals surface area contributed by atoms with Gasteiger partial charge in [-0.25, -0.2) is 0 Å². The number of hydrogen-bond donors (Lipinski definition) is 2. The van der Waals surface area contributed by atoms with Crippen molar-refractivity contribution in [3.05, 3.63) is 0 Å². The minimum Gasteiger partial charge on any atom is -0.392 e. The van der Waals surface area contributed by atoms with Gasteiger partial charge in [0, 0.05) is 17.3 Å². The summed E-state index contributed by atoms with van der Waals surface area (Å²) in [6, 6.07) is 0.364. The van der Waals surface area contributed by atoms with Gasteiger partial charge in [-0.1, -0.05) is 19.3 Å². The van der Waals surface area contributed by atoms with Crippen LogP contribution >= 0.6 is 11.8 Å². The van der Waals surface area contributed by atoms with E-state index in [0.29, 0.717) is 10.8 Å². The minimum atomic E-state index is -0.0993. The average molecular weight is 229 g/mol. The van der Waals surface area contributed by atoms with Crippen LogP contribution < -0.4 is 5.32 Å². The zero-order valence-corrected chi connectivity index (χ0v) is 10.5. The van der Waals surface area contributed by atoms with E-state index in [1.54, 1.807) is 0 Å². The third kappa shape index (κ3) is 2.69. The molecular weight excluding hydrogens is 206 g/mol. The van der Waals surface area contributed by atoms with Crippen molar-refractivity contribution in [1.29, 1.82) is 0 Å².